The highest BCUT2D eigenvalue weighted by Gasteiger charge is 2.09. The van der Waals surface area contributed by atoms with E-state index in [1.54, 1.807) is 6.33 Å². The number of aromatic nitrogens is 4. The summed E-state index contributed by atoms with van der Waals surface area (Å²) in [5.41, 5.74) is 2.21. The lowest BCUT2D eigenvalue weighted by Gasteiger charge is -2.12. The highest BCUT2D eigenvalue weighted by molar-refractivity contribution is 5.81. The second-order valence-corrected chi connectivity index (χ2v) is 4.13. The smallest absolute Gasteiger partial charge is 0.182 e. The standard InChI is InChI=1S/C13H13N5O/c19-10(9-4-2-1-3-5-9)6-14-12-11-13(16-7-15-11)18-8-17-12/h1-5,7-8,10,19H,6H2,(H2,14,15,16,17,18). The van der Waals surface area contributed by atoms with Crippen molar-refractivity contribution in [3.63, 3.8) is 0 Å². The Bertz CT molecular complexity index is 667. The fourth-order valence-corrected chi connectivity index (χ4v) is 1.89. The van der Waals surface area contributed by atoms with Gasteiger partial charge in [-0.3, -0.25) is 0 Å². The number of rotatable bonds is 4. The van der Waals surface area contributed by atoms with Crippen LogP contribution in [0.4, 0.5) is 5.82 Å². The molecular weight excluding hydrogens is 242 g/mol. The highest BCUT2D eigenvalue weighted by Crippen LogP contribution is 2.17. The van der Waals surface area contributed by atoms with Crippen LogP contribution in [0.15, 0.2) is 43.0 Å². The molecule has 0 aliphatic carbocycles. The first kappa shape index (κ1) is 11.6. The number of anilines is 1. The van der Waals surface area contributed by atoms with E-state index in [2.05, 4.69) is 25.3 Å². The van der Waals surface area contributed by atoms with Gasteiger partial charge in [0.15, 0.2) is 11.5 Å². The van der Waals surface area contributed by atoms with Gasteiger partial charge in [0.05, 0.1) is 12.4 Å². The number of fused-ring (bicyclic) bond motifs is 1. The quantitative estimate of drug-likeness (QED) is 0.657. The minimum Gasteiger partial charge on any atom is -0.387 e. The second-order valence-electron chi connectivity index (χ2n) is 4.13. The maximum Gasteiger partial charge on any atom is 0.182 e. The topological polar surface area (TPSA) is 86.7 Å². The Morgan fingerprint density at radius 2 is 2.00 bits per heavy atom. The number of imidazole rings is 1. The molecule has 0 saturated heterocycles. The normalized spacial score (nSPS) is 12.5. The van der Waals surface area contributed by atoms with Gasteiger partial charge in [0.25, 0.3) is 0 Å². The molecule has 0 aliphatic heterocycles. The minimum atomic E-state index is -0.589. The van der Waals surface area contributed by atoms with Crippen molar-refractivity contribution in [1.82, 2.24) is 19.9 Å². The van der Waals surface area contributed by atoms with Crippen molar-refractivity contribution in [2.75, 3.05) is 11.9 Å². The number of hydrogen-bond acceptors (Lipinski definition) is 5. The van der Waals surface area contributed by atoms with Gasteiger partial charge in [0, 0.05) is 6.54 Å². The summed E-state index contributed by atoms with van der Waals surface area (Å²) in [6, 6.07) is 9.49. The van der Waals surface area contributed by atoms with E-state index in [9.17, 15) is 5.11 Å². The number of nitrogens with one attached hydrogen (secondary N) is 2. The molecule has 6 nitrogen and oxygen atoms in total. The third-order valence-electron chi connectivity index (χ3n) is 2.87. The van der Waals surface area contributed by atoms with Gasteiger partial charge < -0.3 is 15.4 Å². The SMILES string of the molecule is OC(CNc1ncnc2nc[nH]c12)c1ccccc1. The first-order valence-electron chi connectivity index (χ1n) is 5.95. The predicted molar refractivity (Wildman–Crippen MR) is 71.6 cm³/mol. The van der Waals surface area contributed by atoms with Crippen LogP contribution in [-0.2, 0) is 0 Å². The monoisotopic (exact) mass is 255 g/mol. The van der Waals surface area contributed by atoms with Crippen LogP contribution in [0.2, 0.25) is 0 Å². The van der Waals surface area contributed by atoms with Crippen LogP contribution in [0.3, 0.4) is 0 Å². The van der Waals surface area contributed by atoms with Gasteiger partial charge in [-0.2, -0.15) is 0 Å². The molecule has 6 heteroatoms. The molecule has 0 aliphatic rings. The lowest BCUT2D eigenvalue weighted by molar-refractivity contribution is 0.191. The largest absolute Gasteiger partial charge is 0.387 e. The van der Waals surface area contributed by atoms with Crippen molar-refractivity contribution in [2.45, 2.75) is 6.10 Å². The molecule has 3 N–H and O–H groups in total. The van der Waals surface area contributed by atoms with Crippen molar-refractivity contribution in [2.24, 2.45) is 0 Å². The van der Waals surface area contributed by atoms with Crippen LogP contribution in [0.25, 0.3) is 11.2 Å². The molecule has 1 unspecified atom stereocenters. The summed E-state index contributed by atoms with van der Waals surface area (Å²) in [6.45, 7) is 0.370. The number of H-pyrrole nitrogens is 1. The molecule has 1 atom stereocenters. The zero-order chi connectivity index (χ0) is 13.1. The third kappa shape index (κ3) is 2.38. The number of aromatic amines is 1. The van der Waals surface area contributed by atoms with E-state index < -0.39 is 6.10 Å². The Balaban J connectivity index is 1.74. The average molecular weight is 255 g/mol. The number of benzene rings is 1. The van der Waals surface area contributed by atoms with E-state index in [4.69, 9.17) is 0 Å². The average Bonchev–Trinajstić information content (AvgIpc) is 2.94. The van der Waals surface area contributed by atoms with E-state index in [1.807, 2.05) is 30.3 Å². The van der Waals surface area contributed by atoms with E-state index in [-0.39, 0.29) is 0 Å². The zero-order valence-corrected chi connectivity index (χ0v) is 10.1. The summed E-state index contributed by atoms with van der Waals surface area (Å²) in [7, 11) is 0. The molecule has 0 amide bonds. The van der Waals surface area contributed by atoms with Crippen LogP contribution in [-0.4, -0.2) is 31.6 Å². The summed E-state index contributed by atoms with van der Waals surface area (Å²) >= 11 is 0. The Labute approximate surface area is 109 Å². The van der Waals surface area contributed by atoms with E-state index in [0.717, 1.165) is 11.1 Å². The summed E-state index contributed by atoms with van der Waals surface area (Å²) in [6.07, 6.45) is 2.42. The maximum absolute atomic E-state index is 10.1. The molecule has 0 radical (unpaired) electrons. The van der Waals surface area contributed by atoms with Crippen LogP contribution in [0.1, 0.15) is 11.7 Å². The van der Waals surface area contributed by atoms with Gasteiger partial charge in [0.1, 0.15) is 11.8 Å². The van der Waals surface area contributed by atoms with E-state index in [0.29, 0.717) is 18.0 Å². The first-order valence-corrected chi connectivity index (χ1v) is 5.95. The molecule has 1 aromatic carbocycles. The van der Waals surface area contributed by atoms with Crippen LogP contribution < -0.4 is 5.32 Å². The minimum absolute atomic E-state index is 0.370. The van der Waals surface area contributed by atoms with Crippen molar-refractivity contribution in [3.05, 3.63) is 48.5 Å². The van der Waals surface area contributed by atoms with Crippen LogP contribution in [0.5, 0.6) is 0 Å². The molecule has 0 bridgehead atoms. The molecule has 19 heavy (non-hydrogen) atoms. The molecule has 3 aromatic rings. The Morgan fingerprint density at radius 1 is 1.16 bits per heavy atom. The fourth-order valence-electron chi connectivity index (χ4n) is 1.89. The number of aliphatic hydroxyl groups is 1. The van der Waals surface area contributed by atoms with Gasteiger partial charge in [0.2, 0.25) is 0 Å². The van der Waals surface area contributed by atoms with Crippen molar-refractivity contribution < 1.29 is 5.11 Å². The fraction of sp³-hybridized carbons (Fsp3) is 0.154. The molecular formula is C13H13N5O. The molecule has 2 aromatic heterocycles. The zero-order valence-electron chi connectivity index (χ0n) is 10.1. The van der Waals surface area contributed by atoms with Gasteiger partial charge in [-0.15, -0.1) is 0 Å². The summed E-state index contributed by atoms with van der Waals surface area (Å²) < 4.78 is 0. The highest BCUT2D eigenvalue weighted by atomic mass is 16.3. The predicted octanol–water partition coefficient (Wildman–Crippen LogP) is 1.50. The van der Waals surface area contributed by atoms with Gasteiger partial charge >= 0.3 is 0 Å². The molecule has 2 heterocycles. The summed E-state index contributed by atoms with van der Waals surface area (Å²) in [4.78, 5) is 15.2. The van der Waals surface area contributed by atoms with Gasteiger partial charge in [-0.05, 0) is 5.56 Å². The van der Waals surface area contributed by atoms with E-state index >= 15 is 0 Å². The first-order chi connectivity index (χ1) is 9.34. The lowest BCUT2D eigenvalue weighted by Crippen LogP contribution is -2.13. The number of hydrogen-bond donors (Lipinski definition) is 3. The third-order valence-corrected chi connectivity index (χ3v) is 2.87. The van der Waals surface area contributed by atoms with Crippen LogP contribution >= 0.6 is 0 Å². The van der Waals surface area contributed by atoms with Gasteiger partial charge in [-0.1, -0.05) is 30.3 Å². The molecule has 96 valence electrons. The summed E-state index contributed by atoms with van der Waals surface area (Å²) in [5, 5.41) is 13.2. The van der Waals surface area contributed by atoms with Crippen molar-refractivity contribution >= 4 is 17.0 Å². The van der Waals surface area contributed by atoms with E-state index in [1.165, 1.54) is 6.33 Å². The van der Waals surface area contributed by atoms with Crippen molar-refractivity contribution in [3.8, 4) is 0 Å². The van der Waals surface area contributed by atoms with Crippen LogP contribution in [0, 0.1) is 0 Å². The number of nitrogens with zero attached hydrogens (tertiary/aromatic N) is 3. The van der Waals surface area contributed by atoms with Crippen molar-refractivity contribution in [1.29, 1.82) is 0 Å². The molecule has 3 rings (SSSR count). The lowest BCUT2D eigenvalue weighted by atomic mass is 10.1. The maximum atomic E-state index is 10.1. The second kappa shape index (κ2) is 5.03. The van der Waals surface area contributed by atoms with Gasteiger partial charge in [-0.25, -0.2) is 15.0 Å². The molecule has 0 fully saturated rings. The Hall–Kier alpha value is -2.47. The number of aliphatic hydroxyl groups excluding tert-OH is 1. The summed E-state index contributed by atoms with van der Waals surface area (Å²) in [5.74, 6) is 0.637. The molecule has 0 saturated carbocycles. The Morgan fingerprint density at radius 3 is 2.84 bits per heavy atom. The Kier molecular flexibility index (Phi) is 3.07. The molecule has 0 spiro atoms.